The van der Waals surface area contributed by atoms with E-state index in [1.54, 1.807) is 0 Å². The molecule has 0 spiro atoms. The number of carbonyl (C=O) groups excluding carboxylic acids is 3. The summed E-state index contributed by atoms with van der Waals surface area (Å²) >= 11 is 1.27. The summed E-state index contributed by atoms with van der Waals surface area (Å²) in [5.41, 5.74) is 3.72. The number of hydrogen-bond acceptors (Lipinski definition) is 6. The number of benzene rings is 2. The molecule has 33 heavy (non-hydrogen) atoms. The lowest BCUT2D eigenvalue weighted by Crippen LogP contribution is -2.53. The number of carbonyl (C=O) groups is 3. The van der Waals surface area contributed by atoms with Gasteiger partial charge in [0.25, 0.3) is 0 Å². The molecular weight excluding hydrogens is 440 g/mol. The molecule has 0 radical (unpaired) electrons. The molecule has 1 fully saturated rings. The molecule has 0 saturated carbocycles. The van der Waals surface area contributed by atoms with E-state index in [0.717, 1.165) is 22.5 Å². The fraction of sp³-hybridized carbons (Fsp3) is 0.261. The van der Waals surface area contributed by atoms with Gasteiger partial charge >= 0.3 is 6.03 Å². The lowest BCUT2D eigenvalue weighted by molar-refractivity contribution is -0.121. The fourth-order valence-electron chi connectivity index (χ4n) is 3.62. The van der Waals surface area contributed by atoms with Crippen LogP contribution in [0, 0.1) is 13.8 Å². The smallest absolute Gasteiger partial charge is 0.321 e. The second-order valence-corrected chi connectivity index (χ2v) is 8.85. The maximum absolute atomic E-state index is 12.5. The van der Waals surface area contributed by atoms with E-state index in [1.807, 2.05) is 66.9 Å². The van der Waals surface area contributed by atoms with Crippen molar-refractivity contribution in [2.24, 2.45) is 0 Å². The molecule has 170 valence electrons. The average molecular weight is 465 g/mol. The molecule has 4 rings (SSSR count). The van der Waals surface area contributed by atoms with Crippen molar-refractivity contribution in [3.8, 4) is 5.69 Å². The SMILES string of the molecule is Cc1cccc(NC(=O)CSc2nnc(CC3CC(=O)NC(=O)N3)n2-c2cccc(C)c2)c1. The fourth-order valence-corrected chi connectivity index (χ4v) is 4.39. The van der Waals surface area contributed by atoms with Gasteiger partial charge in [0.2, 0.25) is 11.8 Å². The van der Waals surface area contributed by atoms with Crippen LogP contribution < -0.4 is 16.0 Å². The van der Waals surface area contributed by atoms with Gasteiger partial charge in [-0.2, -0.15) is 0 Å². The number of nitrogens with one attached hydrogen (secondary N) is 3. The topological polar surface area (TPSA) is 118 Å². The van der Waals surface area contributed by atoms with Gasteiger partial charge in [-0.05, 0) is 49.2 Å². The predicted octanol–water partition coefficient (Wildman–Crippen LogP) is 2.76. The summed E-state index contributed by atoms with van der Waals surface area (Å²) in [4.78, 5) is 36.0. The van der Waals surface area contributed by atoms with Gasteiger partial charge in [0.1, 0.15) is 5.82 Å². The normalized spacial score (nSPS) is 15.6. The Hall–Kier alpha value is -3.66. The van der Waals surface area contributed by atoms with Crippen molar-refractivity contribution in [2.45, 2.75) is 37.9 Å². The Morgan fingerprint density at radius 3 is 2.61 bits per heavy atom. The highest BCUT2D eigenvalue weighted by Gasteiger charge is 2.27. The third kappa shape index (κ3) is 5.78. The number of imide groups is 1. The van der Waals surface area contributed by atoms with Gasteiger partial charge < -0.3 is 10.6 Å². The minimum atomic E-state index is -0.514. The number of nitrogens with zero attached hydrogens (tertiary/aromatic N) is 3. The van der Waals surface area contributed by atoms with Crippen LogP contribution in [0.4, 0.5) is 10.5 Å². The highest BCUT2D eigenvalue weighted by molar-refractivity contribution is 7.99. The first kappa shape index (κ1) is 22.5. The van der Waals surface area contributed by atoms with Crippen LogP contribution >= 0.6 is 11.8 Å². The van der Waals surface area contributed by atoms with Crippen molar-refractivity contribution >= 4 is 35.3 Å². The first-order valence-electron chi connectivity index (χ1n) is 10.5. The van der Waals surface area contributed by atoms with Gasteiger partial charge in [0.05, 0.1) is 5.75 Å². The monoisotopic (exact) mass is 464 g/mol. The maximum atomic E-state index is 12.5. The Bertz CT molecular complexity index is 1190. The van der Waals surface area contributed by atoms with E-state index in [1.165, 1.54) is 11.8 Å². The quantitative estimate of drug-likeness (QED) is 0.463. The van der Waals surface area contributed by atoms with Gasteiger partial charge in [-0.25, -0.2) is 4.79 Å². The van der Waals surface area contributed by atoms with Crippen molar-refractivity contribution in [1.82, 2.24) is 25.4 Å². The van der Waals surface area contributed by atoms with E-state index in [-0.39, 0.29) is 30.0 Å². The van der Waals surface area contributed by atoms with Crippen LogP contribution in [0.3, 0.4) is 0 Å². The average Bonchev–Trinajstić information content (AvgIpc) is 3.14. The molecular formula is C23H24N6O3S. The van der Waals surface area contributed by atoms with Gasteiger partial charge in [0, 0.05) is 30.3 Å². The summed E-state index contributed by atoms with van der Waals surface area (Å²) < 4.78 is 1.87. The first-order chi connectivity index (χ1) is 15.9. The van der Waals surface area contributed by atoms with E-state index < -0.39 is 6.03 Å². The molecule has 1 saturated heterocycles. The number of aromatic nitrogens is 3. The zero-order valence-electron chi connectivity index (χ0n) is 18.3. The Morgan fingerprint density at radius 2 is 1.88 bits per heavy atom. The predicted molar refractivity (Wildman–Crippen MR) is 125 cm³/mol. The van der Waals surface area contributed by atoms with E-state index >= 15 is 0 Å². The molecule has 4 amide bonds. The van der Waals surface area contributed by atoms with Gasteiger partial charge in [0.15, 0.2) is 5.16 Å². The van der Waals surface area contributed by atoms with Crippen LogP contribution in [-0.4, -0.2) is 44.4 Å². The highest BCUT2D eigenvalue weighted by atomic mass is 32.2. The Balaban J connectivity index is 1.54. The van der Waals surface area contributed by atoms with Crippen molar-refractivity contribution in [1.29, 1.82) is 0 Å². The van der Waals surface area contributed by atoms with Crippen molar-refractivity contribution < 1.29 is 14.4 Å². The number of anilines is 1. The lowest BCUT2D eigenvalue weighted by Gasteiger charge is -2.23. The second kappa shape index (κ2) is 9.86. The number of hydrogen-bond donors (Lipinski definition) is 3. The summed E-state index contributed by atoms with van der Waals surface area (Å²) in [6.45, 7) is 3.95. The van der Waals surface area contributed by atoms with E-state index in [9.17, 15) is 14.4 Å². The standard InChI is InChI=1S/C23H24N6O3S/c1-14-5-3-7-16(9-14)24-21(31)13-33-23-28-27-19(11-17-12-20(30)26-22(32)25-17)29(23)18-8-4-6-15(2)10-18/h3-10,17H,11-13H2,1-2H3,(H,24,31)(H2,25,26,30,32). The van der Waals surface area contributed by atoms with Crippen molar-refractivity contribution in [2.75, 3.05) is 11.1 Å². The van der Waals surface area contributed by atoms with Crippen LogP contribution in [0.25, 0.3) is 5.69 Å². The molecule has 10 heteroatoms. The number of amides is 4. The molecule has 1 aromatic heterocycles. The molecule has 0 bridgehead atoms. The molecule has 2 aromatic carbocycles. The van der Waals surface area contributed by atoms with Gasteiger partial charge in [-0.15, -0.1) is 10.2 Å². The van der Waals surface area contributed by atoms with Gasteiger partial charge in [-0.3, -0.25) is 19.5 Å². The second-order valence-electron chi connectivity index (χ2n) is 7.91. The molecule has 9 nitrogen and oxygen atoms in total. The number of aryl methyl sites for hydroxylation is 2. The summed E-state index contributed by atoms with van der Waals surface area (Å²) in [6, 6.07) is 14.6. The summed E-state index contributed by atoms with van der Waals surface area (Å²) in [5, 5.41) is 17.1. The van der Waals surface area contributed by atoms with Crippen molar-refractivity contribution in [3.05, 3.63) is 65.5 Å². The Kier molecular flexibility index (Phi) is 6.74. The molecule has 1 atom stereocenters. The summed E-state index contributed by atoms with van der Waals surface area (Å²) in [6.07, 6.45) is 0.490. The largest absolute Gasteiger partial charge is 0.334 e. The van der Waals surface area contributed by atoms with Crippen molar-refractivity contribution in [3.63, 3.8) is 0 Å². The minimum Gasteiger partial charge on any atom is -0.334 e. The van der Waals surface area contributed by atoms with Crippen LogP contribution in [0.15, 0.2) is 53.7 Å². The maximum Gasteiger partial charge on any atom is 0.321 e. The molecule has 1 aliphatic rings. The summed E-state index contributed by atoms with van der Waals surface area (Å²) in [5.74, 6) is 0.276. The minimum absolute atomic E-state index is 0.151. The van der Waals surface area contributed by atoms with E-state index in [0.29, 0.717) is 17.4 Å². The molecule has 2 heterocycles. The third-order valence-electron chi connectivity index (χ3n) is 5.04. The molecule has 3 N–H and O–H groups in total. The van der Waals surface area contributed by atoms with Crippen LogP contribution in [0.2, 0.25) is 0 Å². The zero-order valence-corrected chi connectivity index (χ0v) is 19.1. The molecule has 1 aliphatic heterocycles. The molecule has 1 unspecified atom stereocenters. The zero-order chi connectivity index (χ0) is 23.4. The third-order valence-corrected chi connectivity index (χ3v) is 5.97. The van der Waals surface area contributed by atoms with E-state index in [2.05, 4.69) is 26.1 Å². The van der Waals surface area contributed by atoms with E-state index in [4.69, 9.17) is 0 Å². The summed E-state index contributed by atoms with van der Waals surface area (Å²) in [7, 11) is 0. The highest BCUT2D eigenvalue weighted by Crippen LogP contribution is 2.24. The number of urea groups is 1. The number of rotatable bonds is 7. The Morgan fingerprint density at radius 1 is 1.12 bits per heavy atom. The Labute approximate surface area is 195 Å². The van der Waals surface area contributed by atoms with Crippen LogP contribution in [0.1, 0.15) is 23.4 Å². The van der Waals surface area contributed by atoms with Crippen LogP contribution in [-0.2, 0) is 16.0 Å². The van der Waals surface area contributed by atoms with Crippen LogP contribution in [0.5, 0.6) is 0 Å². The molecule has 0 aliphatic carbocycles. The lowest BCUT2D eigenvalue weighted by atomic mass is 10.1. The van der Waals surface area contributed by atoms with Gasteiger partial charge in [-0.1, -0.05) is 36.0 Å². The molecule has 3 aromatic rings. The number of thioether (sulfide) groups is 1. The first-order valence-corrected chi connectivity index (χ1v) is 11.5.